The Bertz CT molecular complexity index is 1270. The molecule has 2 aromatic carbocycles. The van der Waals surface area contributed by atoms with Crippen LogP contribution in [0.25, 0.3) is 22.0 Å². The van der Waals surface area contributed by atoms with Gasteiger partial charge in [0.15, 0.2) is 0 Å². The molecule has 2 aromatic heterocycles. The highest BCUT2D eigenvalue weighted by Gasteiger charge is 2.19. The Morgan fingerprint density at radius 2 is 1.86 bits per heavy atom. The van der Waals surface area contributed by atoms with Crippen molar-refractivity contribution >= 4 is 28.2 Å². The number of nitrogens with one attached hydrogen (secondary N) is 3. The molecule has 9 heteroatoms. The van der Waals surface area contributed by atoms with Crippen LogP contribution in [0.3, 0.4) is 0 Å². The van der Waals surface area contributed by atoms with Gasteiger partial charge in [0.1, 0.15) is 11.9 Å². The zero-order valence-corrected chi connectivity index (χ0v) is 19.5. The number of piperidine rings is 1. The zero-order valence-electron chi connectivity index (χ0n) is 19.5. The van der Waals surface area contributed by atoms with Gasteiger partial charge in [0, 0.05) is 59.4 Å². The van der Waals surface area contributed by atoms with Gasteiger partial charge >= 0.3 is 0 Å². The molecular weight excluding hydrogens is 442 g/mol. The Morgan fingerprint density at radius 1 is 1.03 bits per heavy atom. The van der Waals surface area contributed by atoms with E-state index in [1.165, 1.54) is 5.69 Å². The minimum Gasteiger partial charge on any atom is -0.490 e. The van der Waals surface area contributed by atoms with Gasteiger partial charge in [-0.3, -0.25) is 5.10 Å². The lowest BCUT2D eigenvalue weighted by molar-refractivity contribution is 0.122. The topological polar surface area (TPSA) is 100 Å². The lowest BCUT2D eigenvalue weighted by atomic mass is 10.0. The summed E-state index contributed by atoms with van der Waals surface area (Å²) >= 11 is 0. The lowest BCUT2D eigenvalue weighted by Crippen LogP contribution is -2.36. The van der Waals surface area contributed by atoms with Crippen molar-refractivity contribution in [3.63, 3.8) is 0 Å². The summed E-state index contributed by atoms with van der Waals surface area (Å²) in [7, 11) is 0. The summed E-state index contributed by atoms with van der Waals surface area (Å²) in [6.07, 6.45) is 7.70. The second kappa shape index (κ2) is 9.89. The number of hydrogen-bond donors (Lipinski definition) is 3. The Labute approximate surface area is 203 Å². The van der Waals surface area contributed by atoms with Crippen molar-refractivity contribution in [1.29, 1.82) is 0 Å². The maximum Gasteiger partial charge on any atom is 0.227 e. The molecule has 2 aliphatic rings. The van der Waals surface area contributed by atoms with E-state index in [2.05, 4.69) is 61.0 Å². The molecule has 0 aliphatic carbocycles. The molecule has 9 nitrogen and oxygen atoms in total. The van der Waals surface area contributed by atoms with Gasteiger partial charge in [0.05, 0.1) is 24.9 Å². The van der Waals surface area contributed by atoms with Crippen LogP contribution in [0.4, 0.5) is 17.3 Å². The van der Waals surface area contributed by atoms with Gasteiger partial charge in [0.25, 0.3) is 0 Å². The number of morpholine rings is 1. The van der Waals surface area contributed by atoms with E-state index in [0.717, 1.165) is 85.7 Å². The molecule has 4 heterocycles. The van der Waals surface area contributed by atoms with Crippen LogP contribution in [-0.2, 0) is 4.74 Å². The van der Waals surface area contributed by atoms with Crippen molar-refractivity contribution < 1.29 is 9.47 Å². The van der Waals surface area contributed by atoms with E-state index in [1.54, 1.807) is 0 Å². The van der Waals surface area contributed by atoms with Crippen molar-refractivity contribution in [2.24, 2.45) is 0 Å². The molecule has 4 aromatic rings. The predicted octanol–water partition coefficient (Wildman–Crippen LogP) is 3.73. The Balaban J connectivity index is 1.26. The third kappa shape index (κ3) is 4.91. The van der Waals surface area contributed by atoms with Crippen LogP contribution in [0.1, 0.15) is 12.8 Å². The molecule has 35 heavy (non-hydrogen) atoms. The highest BCUT2D eigenvalue weighted by molar-refractivity contribution is 5.88. The molecule has 3 N–H and O–H groups in total. The third-order valence-electron chi connectivity index (χ3n) is 6.57. The molecule has 2 fully saturated rings. The molecule has 0 radical (unpaired) electrons. The Hall–Kier alpha value is -3.69. The lowest BCUT2D eigenvalue weighted by Gasteiger charge is -2.28. The summed E-state index contributed by atoms with van der Waals surface area (Å²) < 4.78 is 11.9. The van der Waals surface area contributed by atoms with E-state index in [1.807, 2.05) is 24.7 Å². The van der Waals surface area contributed by atoms with Crippen LogP contribution in [0.15, 0.2) is 55.0 Å². The summed E-state index contributed by atoms with van der Waals surface area (Å²) in [5.41, 5.74) is 4.96. The maximum atomic E-state index is 6.47. The molecule has 6 rings (SSSR count). The summed E-state index contributed by atoms with van der Waals surface area (Å²) in [5.74, 6) is 1.38. The van der Waals surface area contributed by atoms with Crippen LogP contribution in [0, 0.1) is 0 Å². The van der Waals surface area contributed by atoms with E-state index in [0.29, 0.717) is 5.95 Å². The third-order valence-corrected chi connectivity index (χ3v) is 6.57. The van der Waals surface area contributed by atoms with E-state index >= 15 is 0 Å². The molecule has 0 unspecified atom stereocenters. The van der Waals surface area contributed by atoms with Crippen molar-refractivity contribution in [2.45, 2.75) is 18.9 Å². The van der Waals surface area contributed by atoms with Crippen LogP contribution in [-0.4, -0.2) is 65.7 Å². The van der Waals surface area contributed by atoms with Gasteiger partial charge in [-0.2, -0.15) is 5.10 Å². The number of aromatic amines is 1. The van der Waals surface area contributed by atoms with Gasteiger partial charge in [-0.1, -0.05) is 0 Å². The Kier molecular flexibility index (Phi) is 6.17. The molecular formula is C26H29N7O2. The number of aromatic nitrogens is 4. The van der Waals surface area contributed by atoms with Gasteiger partial charge < -0.3 is 25.0 Å². The van der Waals surface area contributed by atoms with Gasteiger partial charge in [-0.05, 0) is 56.3 Å². The molecule has 2 saturated heterocycles. The fourth-order valence-corrected chi connectivity index (χ4v) is 4.64. The highest BCUT2D eigenvalue weighted by atomic mass is 16.5. The van der Waals surface area contributed by atoms with Crippen LogP contribution in [0.2, 0.25) is 0 Å². The average molecular weight is 472 g/mol. The first-order chi connectivity index (χ1) is 17.3. The minimum absolute atomic E-state index is 0.184. The summed E-state index contributed by atoms with van der Waals surface area (Å²) in [4.78, 5) is 11.7. The first-order valence-corrected chi connectivity index (χ1v) is 12.2. The summed E-state index contributed by atoms with van der Waals surface area (Å²) in [6, 6.07) is 12.5. The summed E-state index contributed by atoms with van der Waals surface area (Å²) in [5, 5.41) is 14.7. The average Bonchev–Trinajstić information content (AvgIpc) is 3.45. The smallest absolute Gasteiger partial charge is 0.227 e. The number of ether oxygens (including phenoxy) is 2. The number of hydrogen-bond acceptors (Lipinski definition) is 8. The SMILES string of the molecule is c1cc(N2CCOCC2)ccc1Nc1ncc2cc(-c3cn[nH]c3)c(OC3CCNCC3)cc2n1. The maximum absolute atomic E-state index is 6.47. The highest BCUT2D eigenvalue weighted by Crippen LogP contribution is 2.35. The van der Waals surface area contributed by atoms with E-state index in [9.17, 15) is 0 Å². The minimum atomic E-state index is 0.184. The fraction of sp³-hybridized carbons (Fsp3) is 0.346. The van der Waals surface area contributed by atoms with Gasteiger partial charge in [-0.15, -0.1) is 0 Å². The van der Waals surface area contributed by atoms with Crippen molar-refractivity contribution in [3.8, 4) is 16.9 Å². The van der Waals surface area contributed by atoms with Crippen LogP contribution >= 0.6 is 0 Å². The summed E-state index contributed by atoms with van der Waals surface area (Å²) in [6.45, 7) is 5.33. The van der Waals surface area contributed by atoms with Crippen molar-refractivity contribution in [1.82, 2.24) is 25.5 Å². The normalized spacial score (nSPS) is 17.0. The second-order valence-corrected chi connectivity index (χ2v) is 8.93. The standard InChI is InChI=1S/C26H29N7O2/c1-3-21(33-9-11-34-12-10-33)4-2-20(1)31-26-28-15-18-13-23(19-16-29-30-17-19)25(14-24(18)32-26)35-22-5-7-27-8-6-22/h1-4,13-17,22,27H,5-12H2,(H,29,30)(H,28,31,32). The molecule has 0 atom stereocenters. The quantitative estimate of drug-likeness (QED) is 0.391. The van der Waals surface area contributed by atoms with Crippen molar-refractivity contribution in [3.05, 3.63) is 55.0 Å². The largest absolute Gasteiger partial charge is 0.490 e. The molecule has 2 aliphatic heterocycles. The first-order valence-electron chi connectivity index (χ1n) is 12.2. The second-order valence-electron chi connectivity index (χ2n) is 8.93. The van der Waals surface area contributed by atoms with Crippen molar-refractivity contribution in [2.75, 3.05) is 49.6 Å². The first kappa shape index (κ1) is 21.8. The molecule has 0 saturated carbocycles. The molecule has 0 amide bonds. The number of rotatable bonds is 6. The number of fused-ring (bicyclic) bond motifs is 1. The number of nitrogens with zero attached hydrogens (tertiary/aromatic N) is 4. The Morgan fingerprint density at radius 3 is 2.63 bits per heavy atom. The predicted molar refractivity (Wildman–Crippen MR) is 136 cm³/mol. The van der Waals surface area contributed by atoms with E-state index in [-0.39, 0.29) is 6.10 Å². The number of benzene rings is 2. The van der Waals surface area contributed by atoms with Gasteiger partial charge in [0.2, 0.25) is 5.95 Å². The zero-order chi connectivity index (χ0) is 23.5. The molecule has 180 valence electrons. The molecule has 0 bridgehead atoms. The fourth-order valence-electron chi connectivity index (χ4n) is 4.64. The number of anilines is 3. The van der Waals surface area contributed by atoms with Crippen LogP contribution in [0.5, 0.6) is 5.75 Å². The monoisotopic (exact) mass is 471 g/mol. The number of H-pyrrole nitrogens is 1. The van der Waals surface area contributed by atoms with E-state index in [4.69, 9.17) is 14.5 Å². The molecule has 0 spiro atoms. The van der Waals surface area contributed by atoms with Crippen LogP contribution < -0.4 is 20.3 Å². The van der Waals surface area contributed by atoms with Gasteiger partial charge in [-0.25, -0.2) is 9.97 Å². The van der Waals surface area contributed by atoms with E-state index < -0.39 is 0 Å².